The summed E-state index contributed by atoms with van der Waals surface area (Å²) >= 11 is 0. The van der Waals surface area contributed by atoms with E-state index in [9.17, 15) is 0 Å². The molecular weight excluding hydrogens is 344 g/mol. The van der Waals surface area contributed by atoms with Crippen LogP contribution < -0.4 is 58.2 Å². The number of hydrogen-bond donors (Lipinski definition) is 0. The minimum Gasteiger partial charge on any atom is -0.297 e. The Morgan fingerprint density at radius 3 is 2.68 bits per heavy atom. The first-order chi connectivity index (χ1) is 10.2. The molecule has 3 rings (SSSR count). The number of aromatic nitrogens is 2. The molecule has 0 bridgehead atoms. The molecule has 0 fully saturated rings. The molecule has 110 valence electrons. The monoisotopic (exact) mass is 365 g/mol. The van der Waals surface area contributed by atoms with Gasteiger partial charge in [-0.15, -0.1) is 17.7 Å². The minimum absolute atomic E-state index is 0. The van der Waals surface area contributed by atoms with Gasteiger partial charge in [0.05, 0.1) is 0 Å². The first-order valence-corrected chi connectivity index (χ1v) is 7.69. The summed E-state index contributed by atoms with van der Waals surface area (Å²) in [6, 6.07) is 4.08. The Kier molecular flexibility index (Phi) is 7.22. The smallest absolute Gasteiger partial charge is 0.297 e. The van der Waals surface area contributed by atoms with Gasteiger partial charge in [-0.1, -0.05) is 36.1 Å². The third-order valence-corrected chi connectivity index (χ3v) is 3.96. The van der Waals surface area contributed by atoms with Crippen molar-refractivity contribution in [3.63, 3.8) is 0 Å². The van der Waals surface area contributed by atoms with Gasteiger partial charge in [-0.2, -0.15) is 6.07 Å². The standard InChI is InChI=1S/C18H22N3.Rb/c1-15(2)20-11-8-12-21-17(14-20)13-18(19-21)16-9-6-4-3-5-7-10-16;/h3-7,9-10,15H,8,11-12,14H2,1-2H3;/q-1;+1/b4-3-,5-3?,6-4?,7-5-,9-6-,10-7?,16-9?,16-10+;. The predicted octanol–water partition coefficient (Wildman–Crippen LogP) is 0.367. The molecule has 0 saturated heterocycles. The molecule has 22 heavy (non-hydrogen) atoms. The van der Waals surface area contributed by atoms with E-state index in [4.69, 9.17) is 5.10 Å². The van der Waals surface area contributed by atoms with E-state index in [1.165, 1.54) is 5.69 Å². The molecule has 2 heterocycles. The van der Waals surface area contributed by atoms with Gasteiger partial charge in [-0.25, -0.2) is 5.10 Å². The van der Waals surface area contributed by atoms with Crippen LogP contribution in [0.4, 0.5) is 0 Å². The van der Waals surface area contributed by atoms with E-state index in [-0.39, 0.29) is 58.2 Å². The Morgan fingerprint density at radius 2 is 1.86 bits per heavy atom. The molecule has 1 aliphatic carbocycles. The normalized spacial score (nSPS) is 25.0. The van der Waals surface area contributed by atoms with Crippen LogP contribution in [-0.2, 0) is 13.1 Å². The van der Waals surface area contributed by atoms with E-state index in [0.717, 1.165) is 37.3 Å². The summed E-state index contributed by atoms with van der Waals surface area (Å²) in [6.45, 7) is 7.58. The van der Waals surface area contributed by atoms with Crippen LogP contribution >= 0.6 is 0 Å². The van der Waals surface area contributed by atoms with Crippen LogP contribution in [0, 0.1) is 6.07 Å². The summed E-state index contributed by atoms with van der Waals surface area (Å²) in [5.41, 5.74) is 3.27. The number of rotatable bonds is 2. The Hall–Kier alpha value is -0.0648. The molecule has 0 amide bonds. The fraction of sp³-hybridized carbons (Fsp3) is 0.389. The molecule has 0 radical (unpaired) electrons. The van der Waals surface area contributed by atoms with Crippen LogP contribution in [-0.4, -0.2) is 27.3 Å². The SMILES string of the molecule is CC(C)N1CCCn2nc(C3=C/C=C\C=C/C=C\3)[c-]c2C1.[Rb+]. The first kappa shape index (κ1) is 18.3. The van der Waals surface area contributed by atoms with Gasteiger partial charge in [0.25, 0.3) is 0 Å². The van der Waals surface area contributed by atoms with Gasteiger partial charge in [-0.05, 0) is 26.0 Å². The zero-order chi connectivity index (χ0) is 14.7. The van der Waals surface area contributed by atoms with Crippen LogP contribution in [0.2, 0.25) is 0 Å². The van der Waals surface area contributed by atoms with Crippen molar-refractivity contribution in [2.75, 3.05) is 6.54 Å². The number of allylic oxidation sites excluding steroid dienone is 8. The molecule has 2 aliphatic rings. The second-order valence-corrected chi connectivity index (χ2v) is 5.81. The number of hydrogen-bond acceptors (Lipinski definition) is 2. The molecule has 1 aromatic rings. The molecule has 1 aliphatic heterocycles. The van der Waals surface area contributed by atoms with E-state index >= 15 is 0 Å². The average molecular weight is 366 g/mol. The van der Waals surface area contributed by atoms with Gasteiger partial charge in [0.2, 0.25) is 0 Å². The fourth-order valence-electron chi connectivity index (χ4n) is 2.70. The van der Waals surface area contributed by atoms with Crippen LogP contribution in [0.3, 0.4) is 0 Å². The van der Waals surface area contributed by atoms with Crippen molar-refractivity contribution in [1.29, 1.82) is 0 Å². The maximum absolute atomic E-state index is 4.76. The molecule has 0 spiro atoms. The van der Waals surface area contributed by atoms with E-state index in [0.29, 0.717) is 6.04 Å². The Morgan fingerprint density at radius 1 is 1.09 bits per heavy atom. The Bertz CT molecular complexity index is 620. The second kappa shape index (κ2) is 8.69. The quantitative estimate of drug-likeness (QED) is 0.706. The van der Waals surface area contributed by atoms with E-state index in [2.05, 4.69) is 41.6 Å². The third kappa shape index (κ3) is 4.48. The number of nitrogens with zero attached hydrogens (tertiary/aromatic N) is 3. The van der Waals surface area contributed by atoms with Crippen molar-refractivity contribution < 1.29 is 58.2 Å². The minimum atomic E-state index is 0. The molecule has 0 saturated carbocycles. The predicted molar refractivity (Wildman–Crippen MR) is 86.6 cm³/mol. The summed E-state index contributed by atoms with van der Waals surface area (Å²) in [7, 11) is 0. The fourth-order valence-corrected chi connectivity index (χ4v) is 2.70. The van der Waals surface area contributed by atoms with E-state index in [1.54, 1.807) is 0 Å². The summed E-state index contributed by atoms with van der Waals surface area (Å²) in [5, 5.41) is 4.76. The molecule has 0 aromatic carbocycles. The topological polar surface area (TPSA) is 21.1 Å². The summed E-state index contributed by atoms with van der Waals surface area (Å²) in [5.74, 6) is 0. The first-order valence-electron chi connectivity index (χ1n) is 7.69. The van der Waals surface area contributed by atoms with Gasteiger partial charge >= 0.3 is 58.2 Å². The van der Waals surface area contributed by atoms with Gasteiger partial charge in [0.1, 0.15) is 0 Å². The maximum Gasteiger partial charge on any atom is 1.00 e. The zero-order valence-corrected chi connectivity index (χ0v) is 18.7. The van der Waals surface area contributed by atoms with Crippen molar-refractivity contribution in [1.82, 2.24) is 14.7 Å². The van der Waals surface area contributed by atoms with Gasteiger partial charge < -0.3 is 0 Å². The summed E-state index contributed by atoms with van der Waals surface area (Å²) in [4.78, 5) is 2.49. The van der Waals surface area contributed by atoms with Crippen molar-refractivity contribution in [3.8, 4) is 0 Å². The van der Waals surface area contributed by atoms with Crippen LogP contribution in [0.25, 0.3) is 5.57 Å². The molecule has 1 aromatic heterocycles. The Labute approximate surface area is 182 Å². The largest absolute Gasteiger partial charge is 1.00 e. The van der Waals surface area contributed by atoms with Gasteiger partial charge in [-0.3, -0.25) is 9.58 Å². The molecule has 0 unspecified atom stereocenters. The van der Waals surface area contributed by atoms with Crippen LogP contribution in [0.5, 0.6) is 0 Å². The molecule has 3 nitrogen and oxygen atoms in total. The number of fused-ring (bicyclic) bond motifs is 1. The van der Waals surface area contributed by atoms with Crippen LogP contribution in [0.1, 0.15) is 31.7 Å². The Balaban J connectivity index is 0.00000176. The van der Waals surface area contributed by atoms with E-state index < -0.39 is 0 Å². The third-order valence-electron chi connectivity index (χ3n) is 3.96. The molecule has 0 atom stereocenters. The summed E-state index contributed by atoms with van der Waals surface area (Å²) in [6.07, 6.45) is 15.5. The van der Waals surface area contributed by atoms with Crippen molar-refractivity contribution in [2.24, 2.45) is 0 Å². The maximum atomic E-state index is 4.76. The second-order valence-electron chi connectivity index (χ2n) is 5.81. The van der Waals surface area contributed by atoms with Crippen LogP contribution in [0.15, 0.2) is 42.5 Å². The van der Waals surface area contributed by atoms with E-state index in [1.807, 2.05) is 30.4 Å². The zero-order valence-electron chi connectivity index (χ0n) is 13.8. The average Bonchev–Trinajstić information content (AvgIpc) is 2.69. The molecular formula is C18H22N3Rb. The van der Waals surface area contributed by atoms with Crippen molar-refractivity contribution in [2.45, 2.75) is 39.4 Å². The van der Waals surface area contributed by atoms with Crippen molar-refractivity contribution in [3.05, 3.63) is 60.0 Å². The molecule has 0 N–H and O–H groups in total. The van der Waals surface area contributed by atoms with Crippen molar-refractivity contribution >= 4 is 5.57 Å². The van der Waals surface area contributed by atoms with Gasteiger partial charge in [0.15, 0.2) is 0 Å². The summed E-state index contributed by atoms with van der Waals surface area (Å²) < 4.78 is 2.13. The number of aryl methyl sites for hydroxylation is 1. The molecule has 4 heteroatoms. The van der Waals surface area contributed by atoms with Gasteiger partial charge in [0, 0.05) is 25.7 Å².